The molecule has 1 aromatic heterocycles. The number of nitrogens with one attached hydrogen (secondary N) is 1. The van der Waals surface area contributed by atoms with Crippen molar-refractivity contribution in [3.05, 3.63) is 53.7 Å². The molecule has 1 aromatic carbocycles. The maximum absolute atomic E-state index is 12.2. The van der Waals surface area contributed by atoms with Crippen molar-refractivity contribution in [2.45, 2.75) is 25.8 Å². The minimum Gasteiger partial charge on any atom is -0.481 e. The first-order chi connectivity index (χ1) is 10.1. The number of aryl methyl sites for hydroxylation is 1. The highest BCUT2D eigenvalue weighted by molar-refractivity contribution is 5.93. The molecule has 0 bridgehead atoms. The van der Waals surface area contributed by atoms with Gasteiger partial charge in [-0.15, -0.1) is 0 Å². The van der Waals surface area contributed by atoms with Gasteiger partial charge in [0.25, 0.3) is 5.91 Å². The summed E-state index contributed by atoms with van der Waals surface area (Å²) in [6.07, 6.45) is 1.55. The average molecular weight is 288 g/mol. The number of nitrogens with zero attached hydrogens (tertiary/aromatic N) is 1. The minimum atomic E-state index is -0.986. The van der Waals surface area contributed by atoms with Crippen LogP contribution in [0.15, 0.2) is 41.1 Å². The van der Waals surface area contributed by atoms with Crippen LogP contribution in [0.5, 0.6) is 0 Å². The van der Waals surface area contributed by atoms with Gasteiger partial charge in [-0.3, -0.25) is 9.59 Å². The van der Waals surface area contributed by atoms with Crippen LogP contribution in [0.3, 0.4) is 0 Å². The number of oxazole rings is 1. The quantitative estimate of drug-likeness (QED) is 0.850. The molecular formula is C15H16N2O4. The number of hydrogen-bond donors (Lipinski definition) is 2. The third-order valence-corrected chi connectivity index (χ3v) is 3.06. The van der Waals surface area contributed by atoms with Gasteiger partial charge in [-0.25, -0.2) is 4.98 Å². The molecule has 1 unspecified atom stereocenters. The molecule has 2 aromatic rings. The van der Waals surface area contributed by atoms with Crippen molar-refractivity contribution in [2.75, 3.05) is 0 Å². The summed E-state index contributed by atoms with van der Waals surface area (Å²) in [4.78, 5) is 27.1. The van der Waals surface area contributed by atoms with Gasteiger partial charge in [0.2, 0.25) is 0 Å². The molecule has 0 aliphatic carbocycles. The van der Waals surface area contributed by atoms with Crippen LogP contribution in [0.4, 0.5) is 0 Å². The number of amides is 1. The van der Waals surface area contributed by atoms with Crippen molar-refractivity contribution in [1.82, 2.24) is 10.3 Å². The number of carbonyl (C=O) groups is 2. The molecule has 0 fully saturated rings. The fraction of sp³-hybridized carbons (Fsp3) is 0.267. The van der Waals surface area contributed by atoms with E-state index in [-0.39, 0.29) is 12.1 Å². The predicted molar refractivity (Wildman–Crippen MR) is 74.8 cm³/mol. The Morgan fingerprint density at radius 2 is 2.05 bits per heavy atom. The lowest BCUT2D eigenvalue weighted by atomic mass is 10.0. The van der Waals surface area contributed by atoms with Crippen LogP contribution in [0.25, 0.3) is 0 Å². The summed E-state index contributed by atoms with van der Waals surface area (Å²) in [5.41, 5.74) is 0.929. The molecule has 2 rings (SSSR count). The van der Waals surface area contributed by atoms with E-state index in [0.717, 1.165) is 5.56 Å². The number of carboxylic acid groups (broad SMARTS) is 1. The summed E-state index contributed by atoms with van der Waals surface area (Å²) < 4.78 is 5.12. The lowest BCUT2D eigenvalue weighted by Crippen LogP contribution is -2.31. The number of aromatic nitrogens is 1. The van der Waals surface area contributed by atoms with Gasteiger partial charge in [-0.1, -0.05) is 37.3 Å². The molecule has 0 aliphatic rings. The van der Waals surface area contributed by atoms with Crippen LogP contribution in [0.1, 0.15) is 41.2 Å². The van der Waals surface area contributed by atoms with Gasteiger partial charge >= 0.3 is 5.97 Å². The predicted octanol–water partition coefficient (Wildman–Crippen LogP) is 2.18. The van der Waals surface area contributed by atoms with Gasteiger partial charge in [0.15, 0.2) is 12.1 Å². The van der Waals surface area contributed by atoms with Gasteiger partial charge < -0.3 is 14.8 Å². The van der Waals surface area contributed by atoms with Crippen LogP contribution in [-0.4, -0.2) is 22.0 Å². The van der Waals surface area contributed by atoms with E-state index < -0.39 is 17.9 Å². The van der Waals surface area contributed by atoms with E-state index in [4.69, 9.17) is 9.52 Å². The zero-order chi connectivity index (χ0) is 15.2. The molecule has 1 atom stereocenters. The summed E-state index contributed by atoms with van der Waals surface area (Å²) in [5, 5.41) is 11.7. The number of carboxylic acids is 1. The minimum absolute atomic E-state index is 0.198. The maximum Gasteiger partial charge on any atom is 0.305 e. The monoisotopic (exact) mass is 288 g/mol. The smallest absolute Gasteiger partial charge is 0.305 e. The highest BCUT2D eigenvalue weighted by Gasteiger charge is 2.22. The molecule has 21 heavy (non-hydrogen) atoms. The van der Waals surface area contributed by atoms with Crippen LogP contribution in [0.2, 0.25) is 0 Å². The third kappa shape index (κ3) is 3.68. The van der Waals surface area contributed by atoms with Gasteiger partial charge in [-0.05, 0) is 5.56 Å². The molecule has 6 heteroatoms. The number of hydrogen-bond acceptors (Lipinski definition) is 4. The second-order valence-corrected chi connectivity index (χ2v) is 4.51. The Morgan fingerprint density at radius 3 is 2.67 bits per heavy atom. The first-order valence-corrected chi connectivity index (χ1v) is 6.61. The van der Waals surface area contributed by atoms with Crippen molar-refractivity contribution < 1.29 is 19.1 Å². The van der Waals surface area contributed by atoms with E-state index in [0.29, 0.717) is 12.2 Å². The highest BCUT2D eigenvalue weighted by atomic mass is 16.4. The topological polar surface area (TPSA) is 92.4 Å². The van der Waals surface area contributed by atoms with E-state index in [1.54, 1.807) is 24.3 Å². The molecule has 1 heterocycles. The fourth-order valence-electron chi connectivity index (χ4n) is 2.05. The summed E-state index contributed by atoms with van der Waals surface area (Å²) in [5.74, 6) is -0.939. The Morgan fingerprint density at radius 1 is 1.33 bits per heavy atom. The fourth-order valence-corrected chi connectivity index (χ4v) is 2.05. The number of aliphatic carboxylic acids is 1. The van der Waals surface area contributed by atoms with E-state index >= 15 is 0 Å². The highest BCUT2D eigenvalue weighted by Crippen LogP contribution is 2.18. The van der Waals surface area contributed by atoms with E-state index in [1.807, 2.05) is 13.0 Å². The van der Waals surface area contributed by atoms with Crippen molar-refractivity contribution >= 4 is 11.9 Å². The molecule has 110 valence electrons. The van der Waals surface area contributed by atoms with Crippen LogP contribution in [0, 0.1) is 0 Å². The Hall–Kier alpha value is -2.63. The zero-order valence-corrected chi connectivity index (χ0v) is 11.6. The van der Waals surface area contributed by atoms with Crippen molar-refractivity contribution in [2.24, 2.45) is 0 Å². The number of carbonyl (C=O) groups excluding carboxylic acids is 1. The first-order valence-electron chi connectivity index (χ1n) is 6.61. The maximum atomic E-state index is 12.2. The van der Waals surface area contributed by atoms with Gasteiger partial charge in [0.1, 0.15) is 5.76 Å². The summed E-state index contributed by atoms with van der Waals surface area (Å²) in [7, 11) is 0. The Kier molecular flexibility index (Phi) is 4.71. The molecule has 0 radical (unpaired) electrons. The van der Waals surface area contributed by atoms with Gasteiger partial charge in [0, 0.05) is 6.42 Å². The molecule has 2 N–H and O–H groups in total. The summed E-state index contributed by atoms with van der Waals surface area (Å²) in [6.45, 7) is 1.85. The SMILES string of the molecule is CCc1ocnc1C(=O)NC(CC(=O)O)c1ccccc1. The largest absolute Gasteiger partial charge is 0.481 e. The van der Waals surface area contributed by atoms with Gasteiger partial charge in [0.05, 0.1) is 12.5 Å². The Labute approximate surface area is 121 Å². The standard InChI is InChI=1S/C15H16N2O4/c1-2-12-14(16-9-21-12)15(20)17-11(8-13(18)19)10-6-4-3-5-7-10/h3-7,9,11H,2,8H2,1H3,(H,17,20)(H,18,19). The zero-order valence-electron chi connectivity index (χ0n) is 11.6. The van der Waals surface area contributed by atoms with Crippen molar-refractivity contribution in [1.29, 1.82) is 0 Å². The van der Waals surface area contributed by atoms with E-state index in [1.165, 1.54) is 6.39 Å². The average Bonchev–Trinajstić information content (AvgIpc) is 2.95. The number of benzene rings is 1. The van der Waals surface area contributed by atoms with E-state index in [9.17, 15) is 9.59 Å². The Balaban J connectivity index is 2.19. The molecule has 1 amide bonds. The second kappa shape index (κ2) is 6.69. The summed E-state index contributed by atoms with van der Waals surface area (Å²) >= 11 is 0. The first kappa shape index (κ1) is 14.8. The van der Waals surface area contributed by atoms with Crippen LogP contribution in [-0.2, 0) is 11.2 Å². The molecule has 6 nitrogen and oxygen atoms in total. The van der Waals surface area contributed by atoms with E-state index in [2.05, 4.69) is 10.3 Å². The summed E-state index contributed by atoms with van der Waals surface area (Å²) in [6, 6.07) is 8.36. The van der Waals surface area contributed by atoms with Crippen molar-refractivity contribution in [3.63, 3.8) is 0 Å². The van der Waals surface area contributed by atoms with Gasteiger partial charge in [-0.2, -0.15) is 0 Å². The van der Waals surface area contributed by atoms with Crippen molar-refractivity contribution in [3.8, 4) is 0 Å². The second-order valence-electron chi connectivity index (χ2n) is 4.51. The van der Waals surface area contributed by atoms with Crippen LogP contribution < -0.4 is 5.32 Å². The molecular weight excluding hydrogens is 272 g/mol. The Bertz CT molecular complexity index is 622. The lowest BCUT2D eigenvalue weighted by Gasteiger charge is -2.16. The normalized spacial score (nSPS) is 11.9. The third-order valence-electron chi connectivity index (χ3n) is 3.06. The molecule has 0 saturated carbocycles. The molecule has 0 spiro atoms. The lowest BCUT2D eigenvalue weighted by molar-refractivity contribution is -0.137. The molecule has 0 aliphatic heterocycles. The molecule has 0 saturated heterocycles. The number of rotatable bonds is 6. The van der Waals surface area contributed by atoms with Crippen LogP contribution >= 0.6 is 0 Å².